The van der Waals surface area contributed by atoms with Gasteiger partial charge in [-0.15, -0.1) is 0 Å². The molecule has 1 fully saturated rings. The van der Waals surface area contributed by atoms with E-state index in [1.54, 1.807) is 24.3 Å². The van der Waals surface area contributed by atoms with Crippen molar-refractivity contribution in [3.63, 3.8) is 0 Å². The Bertz CT molecular complexity index is 805. The lowest BCUT2D eigenvalue weighted by Crippen LogP contribution is -2.40. The average Bonchev–Trinajstić information content (AvgIpc) is 3.34. The van der Waals surface area contributed by atoms with Crippen LogP contribution in [0.3, 0.4) is 0 Å². The summed E-state index contributed by atoms with van der Waals surface area (Å²) >= 11 is 0. The van der Waals surface area contributed by atoms with E-state index in [2.05, 4.69) is 27.3 Å². The van der Waals surface area contributed by atoms with Crippen molar-refractivity contribution in [2.24, 2.45) is 5.73 Å². The number of ether oxygens (including phenoxy) is 1. The van der Waals surface area contributed by atoms with Gasteiger partial charge in [0.05, 0.1) is 6.42 Å². The van der Waals surface area contributed by atoms with Gasteiger partial charge in [-0.3, -0.25) is 14.5 Å². The van der Waals surface area contributed by atoms with E-state index >= 15 is 0 Å². The highest BCUT2D eigenvalue weighted by Crippen LogP contribution is 2.16. The summed E-state index contributed by atoms with van der Waals surface area (Å²) in [5, 5.41) is 6.64. The van der Waals surface area contributed by atoms with Crippen molar-refractivity contribution in [3.8, 4) is 5.75 Å². The fourth-order valence-corrected chi connectivity index (χ4v) is 3.29. The summed E-state index contributed by atoms with van der Waals surface area (Å²) in [6, 6.07) is 7.34. The number of hydrogen-bond acceptors (Lipinski definition) is 7. The Kier molecular flexibility index (Phi) is 6.59. The van der Waals surface area contributed by atoms with Gasteiger partial charge in [-0.2, -0.15) is 4.98 Å². The van der Waals surface area contributed by atoms with Gasteiger partial charge in [-0.05, 0) is 43.6 Å². The highest BCUT2D eigenvalue weighted by atomic mass is 16.5. The zero-order valence-electron chi connectivity index (χ0n) is 15.9. The molecule has 0 bridgehead atoms. The molecular weight excluding hydrogens is 362 g/mol. The molecule has 2 aromatic rings. The van der Waals surface area contributed by atoms with E-state index in [1.165, 1.54) is 0 Å². The third kappa shape index (κ3) is 5.29. The van der Waals surface area contributed by atoms with Crippen molar-refractivity contribution in [1.29, 1.82) is 0 Å². The number of rotatable bonds is 9. The predicted octanol–water partition coefficient (Wildman–Crippen LogP) is 0.891. The van der Waals surface area contributed by atoms with Crippen molar-refractivity contribution in [3.05, 3.63) is 41.5 Å². The number of nitrogens with two attached hydrogens (primary N) is 1. The molecule has 1 aromatic carbocycles. The smallest absolute Gasteiger partial charge is 0.316 e. The molecular formula is C19H25N5O4. The van der Waals surface area contributed by atoms with Crippen LogP contribution >= 0.6 is 0 Å². The highest BCUT2D eigenvalue weighted by Gasteiger charge is 2.24. The summed E-state index contributed by atoms with van der Waals surface area (Å²) in [6.45, 7) is 4.81. The topological polar surface area (TPSA) is 124 Å². The van der Waals surface area contributed by atoms with Gasteiger partial charge in [0.25, 0.3) is 0 Å². The number of benzene rings is 1. The predicted molar refractivity (Wildman–Crippen MR) is 101 cm³/mol. The number of amides is 2. The van der Waals surface area contributed by atoms with Gasteiger partial charge >= 0.3 is 11.8 Å². The zero-order valence-corrected chi connectivity index (χ0v) is 15.9. The number of likely N-dealkylation sites (tertiary alicyclic amines) is 1. The average molecular weight is 387 g/mol. The highest BCUT2D eigenvalue weighted by molar-refractivity contribution is 5.89. The van der Waals surface area contributed by atoms with Crippen molar-refractivity contribution >= 4 is 11.8 Å². The van der Waals surface area contributed by atoms with Crippen LogP contribution < -0.4 is 15.8 Å². The molecule has 1 saturated heterocycles. The standard InChI is InChI=1S/C19H25N5O4/c1-2-24-9-3-4-14(24)11-21-18(26)19-22-17(23-28-19)12-27-15-7-5-13(6-8-15)10-16(20)25/h5-8,14H,2-4,9-12H2,1H3,(H2,20,25)(H,21,26)/t14-/m0/s1. The van der Waals surface area contributed by atoms with Crippen LogP contribution in [0.15, 0.2) is 28.8 Å². The Hall–Kier alpha value is -2.94. The van der Waals surface area contributed by atoms with Gasteiger partial charge in [-0.25, -0.2) is 0 Å². The van der Waals surface area contributed by atoms with Crippen molar-refractivity contribution in [2.45, 2.75) is 38.8 Å². The maximum atomic E-state index is 12.2. The molecule has 0 saturated carbocycles. The number of primary amides is 1. The third-order valence-corrected chi connectivity index (χ3v) is 4.74. The number of nitrogens with one attached hydrogen (secondary N) is 1. The summed E-state index contributed by atoms with van der Waals surface area (Å²) in [4.78, 5) is 29.5. The van der Waals surface area contributed by atoms with E-state index in [-0.39, 0.29) is 36.6 Å². The van der Waals surface area contributed by atoms with Crippen LogP contribution in [-0.2, 0) is 17.8 Å². The second kappa shape index (κ2) is 9.32. The molecule has 1 aliphatic heterocycles. The van der Waals surface area contributed by atoms with Crippen LogP contribution in [0.1, 0.15) is 41.8 Å². The number of aromatic nitrogens is 2. The molecule has 0 radical (unpaired) electrons. The van der Waals surface area contributed by atoms with Gasteiger partial charge in [0.2, 0.25) is 11.7 Å². The van der Waals surface area contributed by atoms with Crippen LogP contribution in [0.25, 0.3) is 0 Å². The van der Waals surface area contributed by atoms with E-state index < -0.39 is 0 Å². The molecule has 1 aromatic heterocycles. The summed E-state index contributed by atoms with van der Waals surface area (Å²) < 4.78 is 10.6. The molecule has 0 spiro atoms. The van der Waals surface area contributed by atoms with E-state index in [4.69, 9.17) is 15.0 Å². The first-order valence-corrected chi connectivity index (χ1v) is 9.40. The summed E-state index contributed by atoms with van der Waals surface area (Å²) in [6.07, 6.45) is 2.41. The Morgan fingerprint density at radius 2 is 2.14 bits per heavy atom. The first kappa shape index (κ1) is 19.8. The maximum Gasteiger partial charge on any atom is 0.316 e. The first-order chi connectivity index (χ1) is 13.5. The number of likely N-dealkylation sites (N-methyl/N-ethyl adjacent to an activating group) is 1. The van der Waals surface area contributed by atoms with Gasteiger partial charge in [0.1, 0.15) is 5.75 Å². The number of nitrogens with zero attached hydrogens (tertiary/aromatic N) is 3. The summed E-state index contributed by atoms with van der Waals surface area (Å²) in [7, 11) is 0. The number of carbonyl (C=O) groups is 2. The lowest BCUT2D eigenvalue weighted by Gasteiger charge is -2.22. The minimum Gasteiger partial charge on any atom is -0.485 e. The van der Waals surface area contributed by atoms with Crippen LogP contribution in [0.4, 0.5) is 0 Å². The van der Waals surface area contributed by atoms with Gasteiger partial charge in [0, 0.05) is 12.6 Å². The van der Waals surface area contributed by atoms with E-state index in [0.29, 0.717) is 18.3 Å². The fraction of sp³-hybridized carbons (Fsp3) is 0.474. The van der Waals surface area contributed by atoms with Crippen molar-refractivity contribution < 1.29 is 18.8 Å². The SMILES string of the molecule is CCN1CCC[C@H]1CNC(=O)c1nc(COc2ccc(CC(N)=O)cc2)no1. The zero-order chi connectivity index (χ0) is 19.9. The van der Waals surface area contributed by atoms with Crippen molar-refractivity contribution in [2.75, 3.05) is 19.6 Å². The van der Waals surface area contributed by atoms with Crippen LogP contribution in [0, 0.1) is 0 Å². The molecule has 0 aliphatic carbocycles. The minimum atomic E-state index is -0.387. The molecule has 3 rings (SSSR count). The molecule has 1 aliphatic rings. The molecule has 9 heteroatoms. The normalized spacial score (nSPS) is 16.8. The monoisotopic (exact) mass is 387 g/mol. The van der Waals surface area contributed by atoms with Crippen molar-refractivity contribution in [1.82, 2.24) is 20.4 Å². The Morgan fingerprint density at radius 3 is 2.86 bits per heavy atom. The molecule has 2 amide bonds. The fourth-order valence-electron chi connectivity index (χ4n) is 3.29. The summed E-state index contributed by atoms with van der Waals surface area (Å²) in [5.41, 5.74) is 5.97. The van der Waals surface area contributed by atoms with E-state index in [9.17, 15) is 9.59 Å². The molecule has 28 heavy (non-hydrogen) atoms. The van der Waals surface area contributed by atoms with Crippen LogP contribution in [-0.4, -0.2) is 52.5 Å². The van der Waals surface area contributed by atoms with Crippen LogP contribution in [0.5, 0.6) is 5.75 Å². The van der Waals surface area contributed by atoms with Gasteiger partial charge in [0.15, 0.2) is 6.61 Å². The lowest BCUT2D eigenvalue weighted by atomic mass is 10.1. The molecule has 0 unspecified atom stereocenters. The van der Waals surface area contributed by atoms with E-state index in [1.807, 2.05) is 0 Å². The number of hydrogen-bond donors (Lipinski definition) is 2. The van der Waals surface area contributed by atoms with E-state index in [0.717, 1.165) is 31.5 Å². The van der Waals surface area contributed by atoms with Crippen LogP contribution in [0.2, 0.25) is 0 Å². The molecule has 9 nitrogen and oxygen atoms in total. The summed E-state index contributed by atoms with van der Waals surface area (Å²) in [5.74, 6) is 0.0305. The van der Waals surface area contributed by atoms with Gasteiger partial charge in [-0.1, -0.05) is 24.2 Å². The Morgan fingerprint density at radius 1 is 1.36 bits per heavy atom. The Labute approximate surface area is 163 Å². The Balaban J connectivity index is 1.47. The maximum absolute atomic E-state index is 12.2. The second-order valence-electron chi connectivity index (χ2n) is 6.73. The van der Waals surface area contributed by atoms with Gasteiger partial charge < -0.3 is 20.3 Å². The number of carbonyl (C=O) groups excluding carboxylic acids is 2. The third-order valence-electron chi connectivity index (χ3n) is 4.74. The largest absolute Gasteiger partial charge is 0.485 e. The molecule has 1 atom stereocenters. The first-order valence-electron chi connectivity index (χ1n) is 9.40. The molecule has 2 heterocycles. The quantitative estimate of drug-likeness (QED) is 0.655. The minimum absolute atomic E-state index is 0.0676. The second-order valence-corrected chi connectivity index (χ2v) is 6.73. The lowest BCUT2D eigenvalue weighted by molar-refractivity contribution is -0.117. The molecule has 3 N–H and O–H groups in total. The molecule has 150 valence electrons.